The van der Waals surface area contributed by atoms with Crippen LogP contribution in [-0.2, 0) is 13.1 Å². The molecule has 3 rings (SSSR count). The number of nitrogens with one attached hydrogen (secondary N) is 1. The molecule has 1 aromatic heterocycles. The van der Waals surface area contributed by atoms with E-state index >= 15 is 0 Å². The minimum Gasteiger partial charge on any atom is -0.380 e. The zero-order valence-electron chi connectivity index (χ0n) is 12.6. The van der Waals surface area contributed by atoms with Gasteiger partial charge in [0.25, 0.3) is 0 Å². The van der Waals surface area contributed by atoms with Crippen molar-refractivity contribution < 1.29 is 0 Å². The Kier molecular flexibility index (Phi) is 4.67. The molecule has 112 valence electrons. The molecule has 0 amide bonds. The molecule has 0 aliphatic carbocycles. The van der Waals surface area contributed by atoms with Crippen molar-refractivity contribution in [3.63, 3.8) is 0 Å². The van der Waals surface area contributed by atoms with Crippen molar-refractivity contribution in [1.29, 1.82) is 5.26 Å². The highest BCUT2D eigenvalue weighted by Gasteiger charge is 2.13. The number of hydrogen-bond acceptors (Lipinski definition) is 4. The van der Waals surface area contributed by atoms with Crippen LogP contribution in [-0.4, -0.2) is 23.0 Å². The predicted octanol–water partition coefficient (Wildman–Crippen LogP) is 3.16. The van der Waals surface area contributed by atoms with Gasteiger partial charge in [-0.2, -0.15) is 5.26 Å². The maximum Gasteiger partial charge on any atom is 0.140 e. The van der Waals surface area contributed by atoms with Gasteiger partial charge in [-0.1, -0.05) is 24.3 Å². The molecule has 1 fully saturated rings. The molecular weight excluding hydrogens is 272 g/mol. The highest BCUT2D eigenvalue weighted by atomic mass is 15.1. The summed E-state index contributed by atoms with van der Waals surface area (Å²) in [6.45, 7) is 4.23. The van der Waals surface area contributed by atoms with E-state index < -0.39 is 0 Å². The summed E-state index contributed by atoms with van der Waals surface area (Å²) in [4.78, 5) is 6.60. The minimum atomic E-state index is 0.444. The molecule has 22 heavy (non-hydrogen) atoms. The van der Waals surface area contributed by atoms with Gasteiger partial charge in [-0.15, -0.1) is 0 Å². The van der Waals surface area contributed by atoms with E-state index in [1.165, 1.54) is 37.1 Å². The summed E-state index contributed by atoms with van der Waals surface area (Å²) in [7, 11) is 0. The standard InChI is InChI=1S/C18H20N4/c19-11-17-7-8-18(13-21-17)20-12-15-5-1-2-6-16(15)14-22-9-3-4-10-22/h1-2,5-8,13,20H,3-4,9-10,12,14H2. The van der Waals surface area contributed by atoms with Crippen molar-refractivity contribution in [2.75, 3.05) is 18.4 Å². The lowest BCUT2D eigenvalue weighted by Gasteiger charge is -2.18. The van der Waals surface area contributed by atoms with E-state index in [1.54, 1.807) is 12.3 Å². The first kappa shape index (κ1) is 14.6. The lowest BCUT2D eigenvalue weighted by atomic mass is 10.1. The van der Waals surface area contributed by atoms with Crippen molar-refractivity contribution in [3.8, 4) is 6.07 Å². The Balaban J connectivity index is 1.65. The second kappa shape index (κ2) is 7.06. The largest absolute Gasteiger partial charge is 0.380 e. The van der Waals surface area contributed by atoms with Gasteiger partial charge in [-0.25, -0.2) is 4.98 Å². The Morgan fingerprint density at radius 3 is 2.55 bits per heavy atom. The van der Waals surface area contributed by atoms with Crippen LogP contribution in [0.3, 0.4) is 0 Å². The fourth-order valence-electron chi connectivity index (χ4n) is 2.83. The molecular formula is C18H20N4. The predicted molar refractivity (Wildman–Crippen MR) is 87.2 cm³/mol. The molecule has 0 atom stereocenters. The maximum atomic E-state index is 8.77. The molecule has 0 bridgehead atoms. The minimum absolute atomic E-state index is 0.444. The first-order valence-electron chi connectivity index (χ1n) is 7.74. The first-order valence-corrected chi connectivity index (χ1v) is 7.74. The number of rotatable bonds is 5. The second-order valence-corrected chi connectivity index (χ2v) is 5.65. The molecule has 1 aliphatic heterocycles. The SMILES string of the molecule is N#Cc1ccc(NCc2ccccc2CN2CCCC2)cn1. The number of pyridine rings is 1. The average Bonchev–Trinajstić information content (AvgIpc) is 3.07. The summed E-state index contributed by atoms with van der Waals surface area (Å²) in [5.41, 5.74) is 4.09. The van der Waals surface area contributed by atoms with E-state index in [0.29, 0.717) is 5.69 Å². The Bertz CT molecular complexity index is 652. The molecule has 1 saturated heterocycles. The van der Waals surface area contributed by atoms with Crippen molar-refractivity contribution >= 4 is 5.69 Å². The fourth-order valence-corrected chi connectivity index (χ4v) is 2.83. The number of likely N-dealkylation sites (tertiary alicyclic amines) is 1. The molecule has 1 N–H and O–H groups in total. The van der Waals surface area contributed by atoms with E-state index in [4.69, 9.17) is 5.26 Å². The van der Waals surface area contributed by atoms with E-state index in [-0.39, 0.29) is 0 Å². The third-order valence-corrected chi connectivity index (χ3v) is 4.07. The van der Waals surface area contributed by atoms with Gasteiger partial charge >= 0.3 is 0 Å². The summed E-state index contributed by atoms with van der Waals surface area (Å²) in [5, 5.41) is 12.2. The van der Waals surface area contributed by atoms with Crippen LogP contribution in [0, 0.1) is 11.3 Å². The Morgan fingerprint density at radius 2 is 1.86 bits per heavy atom. The Labute approximate surface area is 131 Å². The molecule has 2 aromatic rings. The van der Waals surface area contributed by atoms with Crippen LogP contribution in [0.5, 0.6) is 0 Å². The van der Waals surface area contributed by atoms with Gasteiger partial charge in [0.05, 0.1) is 11.9 Å². The van der Waals surface area contributed by atoms with E-state index in [1.807, 2.05) is 12.1 Å². The van der Waals surface area contributed by atoms with Crippen LogP contribution in [0.15, 0.2) is 42.6 Å². The third kappa shape index (κ3) is 3.63. The van der Waals surface area contributed by atoms with Crippen LogP contribution in [0.25, 0.3) is 0 Å². The molecule has 0 spiro atoms. The molecule has 1 aliphatic rings. The number of hydrogen-bond donors (Lipinski definition) is 1. The first-order chi connectivity index (χ1) is 10.8. The van der Waals surface area contributed by atoms with E-state index in [0.717, 1.165) is 18.8 Å². The number of benzene rings is 1. The highest BCUT2D eigenvalue weighted by Crippen LogP contribution is 2.17. The summed E-state index contributed by atoms with van der Waals surface area (Å²) in [6, 6.07) is 14.2. The summed E-state index contributed by atoms with van der Waals surface area (Å²) < 4.78 is 0. The molecule has 0 radical (unpaired) electrons. The summed E-state index contributed by atoms with van der Waals surface area (Å²) >= 11 is 0. The Morgan fingerprint density at radius 1 is 1.09 bits per heavy atom. The molecule has 2 heterocycles. The summed E-state index contributed by atoms with van der Waals surface area (Å²) in [5.74, 6) is 0. The van der Waals surface area contributed by atoms with Gasteiger partial charge in [0.15, 0.2) is 0 Å². The van der Waals surface area contributed by atoms with E-state index in [9.17, 15) is 0 Å². The third-order valence-electron chi connectivity index (χ3n) is 4.07. The lowest BCUT2D eigenvalue weighted by Crippen LogP contribution is -2.19. The Hall–Kier alpha value is -2.38. The lowest BCUT2D eigenvalue weighted by molar-refractivity contribution is 0.330. The van der Waals surface area contributed by atoms with Crippen LogP contribution in [0.4, 0.5) is 5.69 Å². The zero-order chi connectivity index (χ0) is 15.2. The van der Waals surface area contributed by atoms with Gasteiger partial charge in [0.2, 0.25) is 0 Å². The topological polar surface area (TPSA) is 52.0 Å². The molecule has 0 saturated carbocycles. The maximum absolute atomic E-state index is 8.77. The quantitative estimate of drug-likeness (QED) is 0.919. The van der Waals surface area contributed by atoms with Gasteiger partial charge in [0.1, 0.15) is 11.8 Å². The fraction of sp³-hybridized carbons (Fsp3) is 0.333. The molecule has 4 heteroatoms. The average molecular weight is 292 g/mol. The van der Waals surface area contributed by atoms with Gasteiger partial charge in [-0.05, 0) is 49.2 Å². The van der Waals surface area contributed by atoms with Crippen LogP contribution < -0.4 is 5.32 Å². The van der Waals surface area contributed by atoms with Crippen molar-refractivity contribution in [3.05, 3.63) is 59.4 Å². The van der Waals surface area contributed by atoms with E-state index in [2.05, 4.69) is 39.5 Å². The monoisotopic (exact) mass is 292 g/mol. The molecule has 4 nitrogen and oxygen atoms in total. The number of nitrogens with zero attached hydrogens (tertiary/aromatic N) is 3. The molecule has 0 unspecified atom stereocenters. The molecule has 1 aromatic carbocycles. The number of nitriles is 1. The number of anilines is 1. The van der Waals surface area contributed by atoms with Crippen molar-refractivity contribution in [2.24, 2.45) is 0 Å². The highest BCUT2D eigenvalue weighted by molar-refractivity contribution is 5.44. The van der Waals surface area contributed by atoms with Gasteiger partial charge in [-0.3, -0.25) is 4.90 Å². The summed E-state index contributed by atoms with van der Waals surface area (Å²) in [6.07, 6.45) is 4.34. The van der Waals surface area contributed by atoms with Gasteiger partial charge < -0.3 is 5.32 Å². The normalized spacial score (nSPS) is 14.7. The second-order valence-electron chi connectivity index (χ2n) is 5.65. The number of aromatic nitrogens is 1. The van der Waals surface area contributed by atoms with Crippen LogP contribution in [0.2, 0.25) is 0 Å². The van der Waals surface area contributed by atoms with Crippen molar-refractivity contribution in [1.82, 2.24) is 9.88 Å². The van der Waals surface area contributed by atoms with Crippen LogP contribution >= 0.6 is 0 Å². The zero-order valence-corrected chi connectivity index (χ0v) is 12.6. The van der Waals surface area contributed by atoms with Gasteiger partial charge in [0, 0.05) is 13.1 Å². The smallest absolute Gasteiger partial charge is 0.140 e. The van der Waals surface area contributed by atoms with Crippen molar-refractivity contribution in [2.45, 2.75) is 25.9 Å². The van der Waals surface area contributed by atoms with Crippen LogP contribution in [0.1, 0.15) is 29.7 Å².